The molecule has 0 saturated carbocycles. The van der Waals surface area contributed by atoms with Gasteiger partial charge in [-0.25, -0.2) is 4.39 Å². The Labute approximate surface area is 152 Å². The Balaban J connectivity index is 1.78. The lowest BCUT2D eigenvalue weighted by Crippen LogP contribution is -2.13. The van der Waals surface area contributed by atoms with Gasteiger partial charge in [0, 0.05) is 5.56 Å². The number of aromatic nitrogens is 2. The minimum Gasteiger partial charge on any atom is -0.319 e. The molecule has 0 atom stereocenters. The van der Waals surface area contributed by atoms with Crippen LogP contribution in [0.25, 0.3) is 0 Å². The van der Waals surface area contributed by atoms with Crippen molar-refractivity contribution in [2.45, 2.75) is 33.7 Å². The van der Waals surface area contributed by atoms with Crippen LogP contribution in [0, 0.1) is 19.7 Å². The van der Waals surface area contributed by atoms with Gasteiger partial charge in [-0.3, -0.25) is 9.48 Å². The maximum Gasteiger partial charge on any atom is 0.255 e. The fraction of sp³-hybridized carbons (Fsp3) is 0.238. The highest BCUT2D eigenvalue weighted by Crippen LogP contribution is 2.21. The number of rotatable bonds is 5. The van der Waals surface area contributed by atoms with Crippen molar-refractivity contribution in [3.63, 3.8) is 0 Å². The zero-order chi connectivity index (χ0) is 18.7. The number of halogens is 1. The van der Waals surface area contributed by atoms with E-state index in [1.54, 1.807) is 12.1 Å². The van der Waals surface area contributed by atoms with E-state index in [0.717, 1.165) is 29.1 Å². The van der Waals surface area contributed by atoms with Gasteiger partial charge in [-0.2, -0.15) is 5.10 Å². The molecule has 3 aromatic rings. The standard InChI is InChI=1S/C21H22FN3O/c1-4-16-5-9-18(10-6-16)21(26)23-20-14(2)24-25(15(20)3)13-17-7-11-19(22)12-8-17/h5-12H,4,13H2,1-3H3,(H,23,26). The van der Waals surface area contributed by atoms with Crippen LogP contribution in [0.5, 0.6) is 0 Å². The molecule has 1 aromatic heterocycles. The van der Waals surface area contributed by atoms with E-state index in [1.807, 2.05) is 42.8 Å². The summed E-state index contributed by atoms with van der Waals surface area (Å²) in [5, 5.41) is 7.48. The number of hydrogen-bond acceptors (Lipinski definition) is 2. The average molecular weight is 351 g/mol. The maximum atomic E-state index is 13.1. The fourth-order valence-electron chi connectivity index (χ4n) is 2.87. The van der Waals surface area contributed by atoms with Crippen LogP contribution in [-0.4, -0.2) is 15.7 Å². The molecule has 1 heterocycles. The summed E-state index contributed by atoms with van der Waals surface area (Å²) < 4.78 is 14.9. The van der Waals surface area contributed by atoms with E-state index in [4.69, 9.17) is 0 Å². The van der Waals surface area contributed by atoms with Crippen LogP contribution >= 0.6 is 0 Å². The summed E-state index contributed by atoms with van der Waals surface area (Å²) in [6, 6.07) is 13.9. The molecule has 1 N–H and O–H groups in total. The number of hydrogen-bond donors (Lipinski definition) is 1. The molecular formula is C21H22FN3O. The molecule has 0 unspecified atom stereocenters. The first-order chi connectivity index (χ1) is 12.5. The normalized spacial score (nSPS) is 10.8. The third kappa shape index (κ3) is 3.82. The van der Waals surface area contributed by atoms with Crippen molar-refractivity contribution in [1.29, 1.82) is 0 Å². The largest absolute Gasteiger partial charge is 0.319 e. The number of nitrogens with zero attached hydrogens (tertiary/aromatic N) is 2. The van der Waals surface area contributed by atoms with Gasteiger partial charge in [0.05, 0.1) is 23.6 Å². The van der Waals surface area contributed by atoms with Crippen molar-refractivity contribution < 1.29 is 9.18 Å². The van der Waals surface area contributed by atoms with Gasteiger partial charge in [0.1, 0.15) is 5.82 Å². The van der Waals surface area contributed by atoms with Crippen LogP contribution in [0.3, 0.4) is 0 Å². The molecule has 3 rings (SSSR count). The highest BCUT2D eigenvalue weighted by Gasteiger charge is 2.15. The second kappa shape index (κ2) is 7.52. The van der Waals surface area contributed by atoms with E-state index in [1.165, 1.54) is 17.7 Å². The smallest absolute Gasteiger partial charge is 0.255 e. The van der Waals surface area contributed by atoms with Crippen LogP contribution in [0.2, 0.25) is 0 Å². The Kier molecular flexibility index (Phi) is 5.16. The second-order valence-electron chi connectivity index (χ2n) is 6.33. The summed E-state index contributed by atoms with van der Waals surface area (Å²) in [4.78, 5) is 12.5. The van der Waals surface area contributed by atoms with Crippen molar-refractivity contribution in [3.05, 3.63) is 82.4 Å². The number of benzene rings is 2. The van der Waals surface area contributed by atoms with Gasteiger partial charge in [0.15, 0.2) is 0 Å². The summed E-state index contributed by atoms with van der Waals surface area (Å²) in [7, 11) is 0. The third-order valence-electron chi connectivity index (χ3n) is 4.49. The molecule has 0 bridgehead atoms. The summed E-state index contributed by atoms with van der Waals surface area (Å²) in [5.41, 5.74) is 5.10. The highest BCUT2D eigenvalue weighted by atomic mass is 19.1. The minimum atomic E-state index is -0.260. The van der Waals surface area contributed by atoms with Gasteiger partial charge in [-0.15, -0.1) is 0 Å². The van der Waals surface area contributed by atoms with Gasteiger partial charge >= 0.3 is 0 Å². The Morgan fingerprint density at radius 2 is 1.65 bits per heavy atom. The number of nitrogens with one attached hydrogen (secondary N) is 1. The van der Waals surface area contributed by atoms with Crippen LogP contribution in [-0.2, 0) is 13.0 Å². The van der Waals surface area contributed by atoms with Gasteiger partial charge in [-0.1, -0.05) is 31.2 Å². The van der Waals surface area contributed by atoms with Gasteiger partial charge in [-0.05, 0) is 55.7 Å². The molecule has 5 heteroatoms. The fourth-order valence-corrected chi connectivity index (χ4v) is 2.87. The monoisotopic (exact) mass is 351 g/mol. The number of amides is 1. The van der Waals surface area contributed by atoms with E-state index in [9.17, 15) is 9.18 Å². The molecule has 0 radical (unpaired) electrons. The zero-order valence-corrected chi connectivity index (χ0v) is 15.2. The van der Waals surface area contributed by atoms with Crippen molar-refractivity contribution in [3.8, 4) is 0 Å². The second-order valence-corrected chi connectivity index (χ2v) is 6.33. The molecular weight excluding hydrogens is 329 g/mol. The molecule has 0 aliphatic heterocycles. The number of aryl methyl sites for hydroxylation is 2. The Bertz CT molecular complexity index is 912. The number of anilines is 1. The molecule has 1 amide bonds. The highest BCUT2D eigenvalue weighted by molar-refractivity contribution is 6.04. The zero-order valence-electron chi connectivity index (χ0n) is 15.2. The summed E-state index contributed by atoms with van der Waals surface area (Å²) in [6.07, 6.45) is 0.941. The third-order valence-corrected chi connectivity index (χ3v) is 4.49. The maximum absolute atomic E-state index is 13.1. The van der Waals surface area contributed by atoms with Crippen molar-refractivity contribution in [2.24, 2.45) is 0 Å². The van der Waals surface area contributed by atoms with Crippen LogP contribution in [0.15, 0.2) is 48.5 Å². The minimum absolute atomic E-state index is 0.153. The quantitative estimate of drug-likeness (QED) is 0.735. The van der Waals surface area contributed by atoms with Crippen molar-refractivity contribution in [2.75, 3.05) is 5.32 Å². The first-order valence-electron chi connectivity index (χ1n) is 8.66. The Morgan fingerprint density at radius 3 is 2.27 bits per heavy atom. The SMILES string of the molecule is CCc1ccc(C(=O)Nc2c(C)nn(Cc3ccc(F)cc3)c2C)cc1. The first-order valence-corrected chi connectivity index (χ1v) is 8.66. The molecule has 2 aromatic carbocycles. The van der Waals surface area contributed by atoms with E-state index < -0.39 is 0 Å². The summed E-state index contributed by atoms with van der Waals surface area (Å²) in [6.45, 7) is 6.38. The van der Waals surface area contributed by atoms with Gasteiger partial charge in [0.25, 0.3) is 5.91 Å². The molecule has 134 valence electrons. The van der Waals surface area contributed by atoms with Crippen molar-refractivity contribution in [1.82, 2.24) is 9.78 Å². The average Bonchev–Trinajstić information content (AvgIpc) is 2.91. The van der Waals surface area contributed by atoms with E-state index in [2.05, 4.69) is 17.3 Å². The van der Waals surface area contributed by atoms with E-state index >= 15 is 0 Å². The molecule has 0 saturated heterocycles. The molecule has 0 spiro atoms. The lowest BCUT2D eigenvalue weighted by Gasteiger charge is -2.08. The number of carbonyl (C=O) groups is 1. The summed E-state index contributed by atoms with van der Waals surface area (Å²) in [5.74, 6) is -0.413. The predicted molar refractivity (Wildman–Crippen MR) is 101 cm³/mol. The van der Waals surface area contributed by atoms with E-state index in [0.29, 0.717) is 12.1 Å². The lowest BCUT2D eigenvalue weighted by atomic mass is 10.1. The van der Waals surface area contributed by atoms with Crippen molar-refractivity contribution >= 4 is 11.6 Å². The Hall–Kier alpha value is -2.95. The first kappa shape index (κ1) is 17.9. The molecule has 26 heavy (non-hydrogen) atoms. The van der Waals surface area contributed by atoms with Crippen LogP contribution < -0.4 is 5.32 Å². The predicted octanol–water partition coefficient (Wildman–Crippen LogP) is 4.50. The molecule has 0 fully saturated rings. The summed E-state index contributed by atoms with van der Waals surface area (Å²) >= 11 is 0. The molecule has 0 aliphatic rings. The van der Waals surface area contributed by atoms with E-state index in [-0.39, 0.29) is 11.7 Å². The topological polar surface area (TPSA) is 46.9 Å². The molecule has 0 aliphatic carbocycles. The van der Waals surface area contributed by atoms with Crippen LogP contribution in [0.4, 0.5) is 10.1 Å². The molecule has 4 nitrogen and oxygen atoms in total. The Morgan fingerprint density at radius 1 is 1.04 bits per heavy atom. The van der Waals surface area contributed by atoms with Gasteiger partial charge < -0.3 is 5.32 Å². The van der Waals surface area contributed by atoms with Crippen LogP contribution in [0.1, 0.15) is 39.8 Å². The number of carbonyl (C=O) groups excluding carboxylic acids is 1. The van der Waals surface area contributed by atoms with Gasteiger partial charge in [0.2, 0.25) is 0 Å². The lowest BCUT2D eigenvalue weighted by molar-refractivity contribution is 0.102.